The molecule has 0 spiro atoms. The largest absolute Gasteiger partial charge is 0.496 e. The molecule has 0 aromatic heterocycles. The SMILES string of the molecule is COc1cc(OC)c(/C=C/S(=O)(=O)Cc2ccc(OC)c(CC(=O)O)c2)c(OC)c1. The van der Waals surface area contributed by atoms with Crippen LogP contribution < -0.4 is 18.9 Å². The molecule has 0 aliphatic heterocycles. The molecule has 0 saturated carbocycles. The van der Waals surface area contributed by atoms with Crippen LogP contribution in [0, 0.1) is 0 Å². The summed E-state index contributed by atoms with van der Waals surface area (Å²) >= 11 is 0. The molecule has 0 unspecified atom stereocenters. The van der Waals surface area contributed by atoms with Gasteiger partial charge in [0.25, 0.3) is 0 Å². The molecule has 8 nitrogen and oxygen atoms in total. The molecule has 2 rings (SSSR count). The number of sulfone groups is 1. The van der Waals surface area contributed by atoms with Crippen molar-refractivity contribution in [2.45, 2.75) is 12.2 Å². The summed E-state index contributed by atoms with van der Waals surface area (Å²) in [5, 5.41) is 10.1. The molecule has 2 aromatic carbocycles. The lowest BCUT2D eigenvalue weighted by Gasteiger charge is -2.12. The minimum Gasteiger partial charge on any atom is -0.496 e. The molecule has 0 fully saturated rings. The minimum atomic E-state index is -3.67. The fraction of sp³-hybridized carbons (Fsp3) is 0.286. The van der Waals surface area contributed by atoms with Gasteiger partial charge in [-0.3, -0.25) is 4.79 Å². The summed E-state index contributed by atoms with van der Waals surface area (Å²) in [6, 6.07) is 7.91. The lowest BCUT2D eigenvalue weighted by atomic mass is 10.1. The first-order valence-corrected chi connectivity index (χ1v) is 10.5. The first-order valence-electron chi connectivity index (χ1n) is 8.81. The van der Waals surface area contributed by atoms with Gasteiger partial charge in [-0.05, 0) is 17.7 Å². The summed E-state index contributed by atoms with van der Waals surface area (Å²) in [5.41, 5.74) is 1.30. The van der Waals surface area contributed by atoms with E-state index in [1.165, 1.54) is 40.6 Å². The van der Waals surface area contributed by atoms with Gasteiger partial charge >= 0.3 is 5.97 Å². The van der Waals surface area contributed by atoms with Gasteiger partial charge in [-0.25, -0.2) is 8.42 Å². The Morgan fingerprint density at radius 3 is 2.03 bits per heavy atom. The number of rotatable bonds is 10. The summed E-state index contributed by atoms with van der Waals surface area (Å²) < 4.78 is 46.2. The van der Waals surface area contributed by atoms with Crippen molar-refractivity contribution in [1.29, 1.82) is 0 Å². The van der Waals surface area contributed by atoms with E-state index in [2.05, 4.69) is 0 Å². The van der Waals surface area contributed by atoms with E-state index in [0.717, 1.165) is 5.41 Å². The standard InChI is InChI=1S/C21H24O8S/c1-26-16-11-19(28-3)17(20(12-16)29-4)7-8-30(24,25)13-14-5-6-18(27-2)15(9-14)10-21(22)23/h5-9,11-12H,10,13H2,1-4H3,(H,22,23)/b8-7+. The van der Waals surface area contributed by atoms with Crippen molar-refractivity contribution >= 4 is 21.9 Å². The lowest BCUT2D eigenvalue weighted by Crippen LogP contribution is -2.05. The maximum atomic E-state index is 12.6. The van der Waals surface area contributed by atoms with Gasteiger partial charge < -0.3 is 24.1 Å². The highest BCUT2D eigenvalue weighted by molar-refractivity contribution is 7.93. The van der Waals surface area contributed by atoms with Crippen molar-refractivity contribution in [3.63, 3.8) is 0 Å². The van der Waals surface area contributed by atoms with E-state index in [1.807, 2.05) is 0 Å². The smallest absolute Gasteiger partial charge is 0.307 e. The van der Waals surface area contributed by atoms with E-state index in [1.54, 1.807) is 24.3 Å². The lowest BCUT2D eigenvalue weighted by molar-refractivity contribution is -0.136. The number of carboxylic acids is 1. The molecule has 0 heterocycles. The molecule has 0 amide bonds. The van der Waals surface area contributed by atoms with Gasteiger partial charge in [0.15, 0.2) is 9.84 Å². The average molecular weight is 436 g/mol. The summed E-state index contributed by atoms with van der Waals surface area (Å²) in [6.07, 6.45) is 1.13. The van der Waals surface area contributed by atoms with Crippen LogP contribution >= 0.6 is 0 Å². The van der Waals surface area contributed by atoms with Crippen LogP contribution in [0.2, 0.25) is 0 Å². The third-order valence-electron chi connectivity index (χ3n) is 4.25. The predicted octanol–water partition coefficient (Wildman–Crippen LogP) is 2.93. The molecule has 0 aliphatic carbocycles. The normalized spacial score (nSPS) is 11.3. The Bertz CT molecular complexity index is 1020. The van der Waals surface area contributed by atoms with Crippen LogP contribution in [0.25, 0.3) is 6.08 Å². The number of carboxylic acid groups (broad SMARTS) is 1. The van der Waals surface area contributed by atoms with Gasteiger partial charge in [0.05, 0.1) is 46.2 Å². The van der Waals surface area contributed by atoms with Gasteiger partial charge in [-0.2, -0.15) is 0 Å². The Balaban J connectivity index is 2.34. The summed E-state index contributed by atoms with van der Waals surface area (Å²) in [5.74, 6) is 0.347. The molecule has 30 heavy (non-hydrogen) atoms. The van der Waals surface area contributed by atoms with E-state index in [-0.39, 0.29) is 12.2 Å². The molecule has 0 bridgehead atoms. The molecule has 1 N–H and O–H groups in total. The van der Waals surface area contributed by atoms with Crippen molar-refractivity contribution in [3.05, 3.63) is 52.4 Å². The van der Waals surface area contributed by atoms with Crippen LogP contribution in [0.4, 0.5) is 0 Å². The van der Waals surface area contributed by atoms with Gasteiger partial charge in [0.2, 0.25) is 0 Å². The molecule has 9 heteroatoms. The second-order valence-electron chi connectivity index (χ2n) is 6.27. The molecular weight excluding hydrogens is 412 g/mol. The van der Waals surface area contributed by atoms with Gasteiger partial charge in [0.1, 0.15) is 23.0 Å². The first kappa shape index (κ1) is 23.1. The Hall–Kier alpha value is -3.20. The highest BCUT2D eigenvalue weighted by Crippen LogP contribution is 2.35. The molecule has 162 valence electrons. The molecule has 0 radical (unpaired) electrons. The second kappa shape index (κ2) is 10.0. The number of methoxy groups -OCH3 is 4. The third kappa shape index (κ3) is 5.90. The van der Waals surface area contributed by atoms with Crippen molar-refractivity contribution in [3.8, 4) is 23.0 Å². The van der Waals surface area contributed by atoms with Crippen LogP contribution in [0.1, 0.15) is 16.7 Å². The Kier molecular flexibility index (Phi) is 7.71. The average Bonchev–Trinajstić information content (AvgIpc) is 2.71. The van der Waals surface area contributed by atoms with E-state index in [4.69, 9.17) is 24.1 Å². The van der Waals surface area contributed by atoms with Crippen molar-refractivity contribution in [2.24, 2.45) is 0 Å². The molecular formula is C21H24O8S. The Morgan fingerprint density at radius 2 is 1.53 bits per heavy atom. The van der Waals surface area contributed by atoms with Crippen LogP contribution in [-0.2, 0) is 26.8 Å². The summed E-state index contributed by atoms with van der Waals surface area (Å²) in [7, 11) is 2.17. The van der Waals surface area contributed by atoms with E-state index >= 15 is 0 Å². The number of hydrogen-bond acceptors (Lipinski definition) is 7. The van der Waals surface area contributed by atoms with Gasteiger partial charge in [-0.1, -0.05) is 12.1 Å². The number of hydrogen-bond donors (Lipinski definition) is 1. The molecule has 0 atom stereocenters. The highest BCUT2D eigenvalue weighted by Gasteiger charge is 2.15. The third-order valence-corrected chi connectivity index (χ3v) is 5.54. The molecule has 0 aliphatic rings. The molecule has 0 saturated heterocycles. The van der Waals surface area contributed by atoms with Crippen molar-refractivity contribution < 1.29 is 37.3 Å². The minimum absolute atomic E-state index is 0.271. The van der Waals surface area contributed by atoms with E-state index < -0.39 is 15.8 Å². The van der Waals surface area contributed by atoms with Crippen molar-refractivity contribution in [1.82, 2.24) is 0 Å². The topological polar surface area (TPSA) is 108 Å². The summed E-state index contributed by atoms with van der Waals surface area (Å²) in [4.78, 5) is 11.0. The quantitative estimate of drug-likeness (QED) is 0.606. The fourth-order valence-electron chi connectivity index (χ4n) is 2.87. The van der Waals surface area contributed by atoms with Gasteiger partial charge in [-0.15, -0.1) is 0 Å². The van der Waals surface area contributed by atoms with Crippen LogP contribution in [-0.4, -0.2) is 47.9 Å². The second-order valence-corrected chi connectivity index (χ2v) is 8.16. The fourth-order valence-corrected chi connectivity index (χ4v) is 3.96. The zero-order valence-electron chi connectivity index (χ0n) is 17.2. The zero-order chi connectivity index (χ0) is 22.3. The Labute approximate surface area is 175 Å². The first-order chi connectivity index (χ1) is 14.2. The maximum Gasteiger partial charge on any atom is 0.307 e. The summed E-state index contributed by atoms with van der Waals surface area (Å²) in [6.45, 7) is 0. The number of aliphatic carboxylic acids is 1. The number of ether oxygens (including phenoxy) is 4. The van der Waals surface area contributed by atoms with E-state index in [0.29, 0.717) is 39.7 Å². The monoisotopic (exact) mass is 436 g/mol. The van der Waals surface area contributed by atoms with Crippen LogP contribution in [0.15, 0.2) is 35.7 Å². The van der Waals surface area contributed by atoms with Crippen LogP contribution in [0.5, 0.6) is 23.0 Å². The van der Waals surface area contributed by atoms with Crippen molar-refractivity contribution in [2.75, 3.05) is 28.4 Å². The number of carbonyl (C=O) groups is 1. The predicted molar refractivity (Wildman–Crippen MR) is 112 cm³/mol. The molecule has 2 aromatic rings. The Morgan fingerprint density at radius 1 is 0.933 bits per heavy atom. The maximum absolute atomic E-state index is 12.6. The van der Waals surface area contributed by atoms with Gasteiger partial charge in [0, 0.05) is 23.1 Å². The highest BCUT2D eigenvalue weighted by atomic mass is 32.2. The van der Waals surface area contributed by atoms with Crippen LogP contribution in [0.3, 0.4) is 0 Å². The zero-order valence-corrected chi connectivity index (χ0v) is 18.0. The number of benzene rings is 2. The van der Waals surface area contributed by atoms with E-state index in [9.17, 15) is 13.2 Å².